The molecule has 4 rings (SSSR count). The standard InChI is InChI=1S/C17H17N5O3S/c1-26(24,25)21-6-5-12-11(9-21)7-19-8-13(12)17(23)22-10-20-16-14(18)3-2-4-15(16)22/h2-4,7-8,10H,5-6,9,18H2,1H3. The topological polar surface area (TPSA) is 111 Å². The van der Waals surface area contributed by atoms with E-state index >= 15 is 0 Å². The van der Waals surface area contributed by atoms with Gasteiger partial charge in [0, 0.05) is 25.5 Å². The minimum atomic E-state index is -3.29. The summed E-state index contributed by atoms with van der Waals surface area (Å²) < 4.78 is 26.4. The van der Waals surface area contributed by atoms with E-state index in [0.29, 0.717) is 35.2 Å². The summed E-state index contributed by atoms with van der Waals surface area (Å²) >= 11 is 0. The highest BCUT2D eigenvalue weighted by atomic mass is 32.2. The molecule has 1 aliphatic heterocycles. The van der Waals surface area contributed by atoms with Crippen molar-refractivity contribution in [2.45, 2.75) is 13.0 Å². The van der Waals surface area contributed by atoms with Crippen molar-refractivity contribution >= 4 is 32.7 Å². The van der Waals surface area contributed by atoms with Gasteiger partial charge in [-0.1, -0.05) is 6.07 Å². The Balaban J connectivity index is 1.77. The van der Waals surface area contributed by atoms with Gasteiger partial charge in [0.25, 0.3) is 5.91 Å². The van der Waals surface area contributed by atoms with E-state index in [1.807, 2.05) is 0 Å². The number of pyridine rings is 1. The molecule has 134 valence electrons. The zero-order valence-electron chi connectivity index (χ0n) is 14.1. The molecule has 0 bridgehead atoms. The molecule has 8 nitrogen and oxygen atoms in total. The van der Waals surface area contributed by atoms with Crippen molar-refractivity contribution in [3.63, 3.8) is 0 Å². The number of hydrogen-bond donors (Lipinski definition) is 1. The molecule has 1 aromatic carbocycles. The van der Waals surface area contributed by atoms with E-state index in [1.54, 1.807) is 24.4 Å². The van der Waals surface area contributed by atoms with Crippen LogP contribution in [0.5, 0.6) is 0 Å². The van der Waals surface area contributed by atoms with Gasteiger partial charge in [-0.15, -0.1) is 0 Å². The molecular weight excluding hydrogens is 354 g/mol. The predicted octanol–water partition coefficient (Wildman–Crippen LogP) is 1.02. The van der Waals surface area contributed by atoms with Crippen LogP contribution in [0.1, 0.15) is 21.5 Å². The number of anilines is 1. The fourth-order valence-corrected chi connectivity index (χ4v) is 4.08. The van der Waals surface area contributed by atoms with E-state index in [1.165, 1.54) is 27.7 Å². The third-order valence-corrected chi connectivity index (χ3v) is 5.88. The molecule has 1 aliphatic rings. The molecule has 0 unspecified atom stereocenters. The molecule has 0 spiro atoms. The zero-order valence-corrected chi connectivity index (χ0v) is 14.9. The van der Waals surface area contributed by atoms with Crippen molar-refractivity contribution in [1.29, 1.82) is 0 Å². The van der Waals surface area contributed by atoms with E-state index in [-0.39, 0.29) is 12.5 Å². The number of benzene rings is 1. The van der Waals surface area contributed by atoms with Gasteiger partial charge in [0.1, 0.15) is 11.8 Å². The largest absolute Gasteiger partial charge is 0.397 e. The Labute approximate surface area is 150 Å². The first-order chi connectivity index (χ1) is 12.4. The van der Waals surface area contributed by atoms with Crippen molar-refractivity contribution in [2.75, 3.05) is 18.5 Å². The third kappa shape index (κ3) is 2.65. The molecule has 2 aromatic heterocycles. The van der Waals surface area contributed by atoms with Crippen LogP contribution in [0.3, 0.4) is 0 Å². The number of aromatic nitrogens is 3. The maximum atomic E-state index is 13.1. The van der Waals surface area contributed by atoms with Crippen molar-refractivity contribution < 1.29 is 13.2 Å². The van der Waals surface area contributed by atoms with E-state index in [9.17, 15) is 13.2 Å². The first-order valence-electron chi connectivity index (χ1n) is 8.03. The predicted molar refractivity (Wildman–Crippen MR) is 97.1 cm³/mol. The second-order valence-corrected chi connectivity index (χ2v) is 8.29. The molecule has 2 N–H and O–H groups in total. The number of nitrogens with zero attached hydrogens (tertiary/aromatic N) is 4. The Morgan fingerprint density at radius 3 is 2.85 bits per heavy atom. The maximum absolute atomic E-state index is 13.1. The lowest BCUT2D eigenvalue weighted by molar-refractivity contribution is 0.0962. The van der Waals surface area contributed by atoms with Crippen LogP contribution in [0.2, 0.25) is 0 Å². The van der Waals surface area contributed by atoms with Crippen LogP contribution in [-0.2, 0) is 23.0 Å². The average molecular weight is 371 g/mol. The second kappa shape index (κ2) is 5.89. The third-order valence-electron chi connectivity index (χ3n) is 4.63. The van der Waals surface area contributed by atoms with Gasteiger partial charge in [0.2, 0.25) is 10.0 Å². The highest BCUT2D eigenvalue weighted by Crippen LogP contribution is 2.25. The number of fused-ring (bicyclic) bond motifs is 2. The molecule has 0 fully saturated rings. The number of carbonyl (C=O) groups excluding carboxylic acids is 1. The molecule has 3 heterocycles. The van der Waals surface area contributed by atoms with Gasteiger partial charge >= 0.3 is 0 Å². The molecule has 0 saturated carbocycles. The minimum absolute atomic E-state index is 0.222. The summed E-state index contributed by atoms with van der Waals surface area (Å²) in [6.45, 7) is 0.563. The summed E-state index contributed by atoms with van der Waals surface area (Å²) in [4.78, 5) is 21.5. The zero-order chi connectivity index (χ0) is 18.5. The minimum Gasteiger partial charge on any atom is -0.397 e. The molecule has 0 radical (unpaired) electrons. The van der Waals surface area contributed by atoms with Gasteiger partial charge in [-0.25, -0.2) is 13.4 Å². The Kier molecular flexibility index (Phi) is 3.78. The van der Waals surface area contributed by atoms with Crippen LogP contribution in [-0.4, -0.2) is 46.0 Å². The summed E-state index contributed by atoms with van der Waals surface area (Å²) in [7, 11) is -3.29. The highest BCUT2D eigenvalue weighted by Gasteiger charge is 2.27. The Morgan fingerprint density at radius 1 is 1.27 bits per heavy atom. The second-order valence-electron chi connectivity index (χ2n) is 6.31. The molecule has 3 aromatic rings. The van der Waals surface area contributed by atoms with Crippen molar-refractivity contribution in [3.05, 3.63) is 53.6 Å². The van der Waals surface area contributed by atoms with Crippen LogP contribution >= 0.6 is 0 Å². The summed E-state index contributed by atoms with van der Waals surface area (Å²) in [6.07, 6.45) is 6.24. The summed E-state index contributed by atoms with van der Waals surface area (Å²) in [5.41, 5.74) is 9.65. The fraction of sp³-hybridized carbons (Fsp3) is 0.235. The first-order valence-corrected chi connectivity index (χ1v) is 9.88. The average Bonchev–Trinajstić information content (AvgIpc) is 3.05. The monoisotopic (exact) mass is 371 g/mol. The van der Waals surface area contributed by atoms with Crippen LogP contribution in [0.25, 0.3) is 11.0 Å². The number of nitrogen functional groups attached to an aromatic ring is 1. The van der Waals surface area contributed by atoms with Gasteiger partial charge in [0.15, 0.2) is 0 Å². The fourth-order valence-electron chi connectivity index (χ4n) is 3.29. The van der Waals surface area contributed by atoms with Gasteiger partial charge in [0.05, 0.1) is 23.0 Å². The van der Waals surface area contributed by atoms with Gasteiger partial charge in [-0.05, 0) is 29.7 Å². The number of para-hydroxylation sites is 1. The van der Waals surface area contributed by atoms with Crippen molar-refractivity contribution in [3.8, 4) is 0 Å². The van der Waals surface area contributed by atoms with Gasteiger partial charge in [-0.3, -0.25) is 14.3 Å². The quantitative estimate of drug-likeness (QED) is 0.673. The van der Waals surface area contributed by atoms with E-state index in [2.05, 4.69) is 9.97 Å². The molecule has 9 heteroatoms. The van der Waals surface area contributed by atoms with Crippen LogP contribution in [0.4, 0.5) is 5.69 Å². The normalized spacial score (nSPS) is 15.1. The van der Waals surface area contributed by atoms with Gasteiger partial charge in [-0.2, -0.15) is 4.31 Å². The first kappa shape index (κ1) is 16.7. The van der Waals surface area contributed by atoms with E-state index < -0.39 is 10.0 Å². The van der Waals surface area contributed by atoms with Crippen LogP contribution in [0.15, 0.2) is 36.9 Å². The lowest BCUT2D eigenvalue weighted by atomic mass is 9.98. The summed E-state index contributed by atoms with van der Waals surface area (Å²) in [5, 5.41) is 0. The molecule has 0 aliphatic carbocycles. The Hall–Kier alpha value is -2.78. The maximum Gasteiger partial charge on any atom is 0.265 e. The molecular formula is C17H17N5O3S. The molecule has 26 heavy (non-hydrogen) atoms. The van der Waals surface area contributed by atoms with Crippen molar-refractivity contribution in [2.24, 2.45) is 0 Å². The summed E-state index contributed by atoms with van der Waals surface area (Å²) in [5.74, 6) is -0.254. The Bertz CT molecular complexity index is 1140. The smallest absolute Gasteiger partial charge is 0.265 e. The van der Waals surface area contributed by atoms with E-state index in [4.69, 9.17) is 5.73 Å². The lowest BCUT2D eigenvalue weighted by Crippen LogP contribution is -2.36. The number of nitrogens with two attached hydrogens (primary N) is 1. The number of imidazole rings is 1. The number of rotatable bonds is 2. The van der Waals surface area contributed by atoms with Crippen molar-refractivity contribution in [1.82, 2.24) is 18.8 Å². The molecule has 0 saturated heterocycles. The number of sulfonamides is 1. The number of carbonyl (C=O) groups is 1. The number of hydrogen-bond acceptors (Lipinski definition) is 6. The highest BCUT2D eigenvalue weighted by molar-refractivity contribution is 7.88. The van der Waals surface area contributed by atoms with Gasteiger partial charge < -0.3 is 5.73 Å². The Morgan fingerprint density at radius 2 is 2.08 bits per heavy atom. The molecule has 0 amide bonds. The lowest BCUT2D eigenvalue weighted by Gasteiger charge is -2.27. The van der Waals surface area contributed by atoms with E-state index in [0.717, 1.165) is 11.1 Å². The SMILES string of the molecule is CS(=O)(=O)N1CCc2c(cncc2C(=O)n2cnc3c(N)cccc32)C1. The van der Waals surface area contributed by atoms with Crippen LogP contribution in [0, 0.1) is 0 Å². The summed E-state index contributed by atoms with van der Waals surface area (Å²) in [6, 6.07) is 5.28. The molecule has 0 atom stereocenters. The van der Waals surface area contributed by atoms with Crippen LogP contribution < -0.4 is 5.73 Å².